The molecule has 5 rings (SSSR count). The van der Waals surface area contributed by atoms with Crippen LogP contribution in [0.25, 0.3) is 21.3 Å². The number of nitrogens with zero attached hydrogens (tertiary/aromatic N) is 2. The summed E-state index contributed by atoms with van der Waals surface area (Å²) in [5.41, 5.74) is 4.89. The zero-order chi connectivity index (χ0) is 23.9. The van der Waals surface area contributed by atoms with Crippen LogP contribution in [-0.4, -0.2) is 21.6 Å². The van der Waals surface area contributed by atoms with Gasteiger partial charge in [-0.25, -0.2) is 4.98 Å². The second kappa shape index (κ2) is 9.29. The number of thiophene rings is 1. The van der Waals surface area contributed by atoms with Gasteiger partial charge in [-0.15, -0.1) is 11.3 Å². The van der Waals surface area contributed by atoms with Crippen LogP contribution in [0, 0.1) is 11.3 Å². The van der Waals surface area contributed by atoms with Crippen molar-refractivity contribution >= 4 is 27.5 Å². The molecule has 2 aliphatic carbocycles. The van der Waals surface area contributed by atoms with Gasteiger partial charge in [-0.2, -0.15) is 0 Å². The molecule has 0 radical (unpaired) electrons. The Morgan fingerprint density at radius 3 is 2.59 bits per heavy atom. The molecule has 0 N–H and O–H groups in total. The number of fused-ring (bicyclic) bond motifs is 2. The highest BCUT2D eigenvalue weighted by Gasteiger charge is 2.31. The topological polar surface area (TPSA) is 61.2 Å². The van der Waals surface area contributed by atoms with Gasteiger partial charge in [0.15, 0.2) is 0 Å². The van der Waals surface area contributed by atoms with Gasteiger partial charge in [-0.1, -0.05) is 39.0 Å². The fourth-order valence-corrected chi connectivity index (χ4v) is 6.51. The van der Waals surface area contributed by atoms with Gasteiger partial charge in [-0.05, 0) is 79.4 Å². The Labute approximate surface area is 205 Å². The lowest BCUT2D eigenvalue weighted by atomic mass is 9.72. The predicted molar refractivity (Wildman–Crippen MR) is 137 cm³/mol. The summed E-state index contributed by atoms with van der Waals surface area (Å²) in [4.78, 5) is 31.3. The summed E-state index contributed by atoms with van der Waals surface area (Å²) >= 11 is 1.48. The molecule has 3 aromatic rings. The zero-order valence-electron chi connectivity index (χ0n) is 20.4. The van der Waals surface area contributed by atoms with Crippen molar-refractivity contribution in [2.75, 3.05) is 0 Å². The van der Waals surface area contributed by atoms with Crippen LogP contribution in [0.3, 0.4) is 0 Å². The highest BCUT2D eigenvalue weighted by molar-refractivity contribution is 7.17. The number of carbonyl (C=O) groups excluding carboxylic acids is 1. The molecule has 6 heteroatoms. The van der Waals surface area contributed by atoms with Crippen LogP contribution in [-0.2, 0) is 28.9 Å². The summed E-state index contributed by atoms with van der Waals surface area (Å²) in [5, 5.41) is 2.61. The predicted octanol–water partition coefficient (Wildman–Crippen LogP) is 6.15. The highest BCUT2D eigenvalue weighted by Crippen LogP contribution is 2.38. The van der Waals surface area contributed by atoms with E-state index in [1.165, 1.54) is 46.2 Å². The second-order valence-electron chi connectivity index (χ2n) is 11.0. The smallest absolute Gasteiger partial charge is 0.326 e. The normalized spacial score (nSPS) is 20.8. The van der Waals surface area contributed by atoms with Gasteiger partial charge in [-0.3, -0.25) is 14.2 Å². The Morgan fingerprint density at radius 1 is 1.12 bits per heavy atom. The largest absolute Gasteiger partial charge is 0.461 e. The SMILES string of the molecule is CC(C)(C)C1CCC(OC(=O)Cn2cnc3scc(-c4ccc5c(c4)CCCC5)c3c2=O)CC1. The number of hydrogen-bond donors (Lipinski definition) is 0. The number of benzene rings is 1. The van der Waals surface area contributed by atoms with Gasteiger partial charge >= 0.3 is 5.97 Å². The monoisotopic (exact) mass is 478 g/mol. The van der Waals surface area contributed by atoms with E-state index in [1.807, 2.05) is 5.38 Å². The lowest BCUT2D eigenvalue weighted by molar-refractivity contribution is -0.152. The third kappa shape index (κ3) is 4.70. The number of esters is 1. The first kappa shape index (κ1) is 23.3. The zero-order valence-corrected chi connectivity index (χ0v) is 21.2. The minimum Gasteiger partial charge on any atom is -0.461 e. The van der Waals surface area contributed by atoms with E-state index in [0.29, 0.717) is 21.5 Å². The van der Waals surface area contributed by atoms with Crippen LogP contribution in [0.4, 0.5) is 0 Å². The van der Waals surface area contributed by atoms with Crippen LogP contribution in [0.1, 0.15) is 70.4 Å². The number of ether oxygens (including phenoxy) is 1. The fourth-order valence-electron chi connectivity index (χ4n) is 5.60. The third-order valence-electron chi connectivity index (χ3n) is 7.72. The molecule has 0 amide bonds. The molecule has 2 aliphatic rings. The molecule has 0 aliphatic heterocycles. The van der Waals surface area contributed by atoms with Crippen molar-refractivity contribution in [2.24, 2.45) is 11.3 Å². The number of aryl methyl sites for hydroxylation is 2. The lowest BCUT2D eigenvalue weighted by Crippen LogP contribution is -2.32. The van der Waals surface area contributed by atoms with E-state index in [4.69, 9.17) is 4.74 Å². The molecule has 0 saturated heterocycles. The molecule has 5 nitrogen and oxygen atoms in total. The van der Waals surface area contributed by atoms with Crippen molar-refractivity contribution in [1.82, 2.24) is 9.55 Å². The fraction of sp³-hybridized carbons (Fsp3) is 0.536. The quantitative estimate of drug-likeness (QED) is 0.422. The number of carbonyl (C=O) groups is 1. The standard InChI is InChI=1S/C28H34N2O3S/c1-28(2,3)21-10-12-22(13-11-21)33-24(31)15-30-17-29-26-25(27(30)32)23(16-34-26)20-9-8-18-6-4-5-7-19(18)14-20/h8-9,14,16-17,21-22H,4-7,10-13,15H2,1-3H3. The van der Waals surface area contributed by atoms with Crippen molar-refractivity contribution in [3.63, 3.8) is 0 Å². The van der Waals surface area contributed by atoms with E-state index >= 15 is 0 Å². The molecule has 1 aromatic carbocycles. The minimum absolute atomic E-state index is 0.0503. The Morgan fingerprint density at radius 2 is 1.85 bits per heavy atom. The first-order chi connectivity index (χ1) is 16.3. The van der Waals surface area contributed by atoms with E-state index in [-0.39, 0.29) is 24.2 Å². The van der Waals surface area contributed by atoms with E-state index in [9.17, 15) is 9.59 Å². The maximum Gasteiger partial charge on any atom is 0.326 e. The average Bonchev–Trinajstić information content (AvgIpc) is 3.25. The maximum atomic E-state index is 13.4. The van der Waals surface area contributed by atoms with Crippen LogP contribution in [0.5, 0.6) is 0 Å². The van der Waals surface area contributed by atoms with Gasteiger partial charge in [0.25, 0.3) is 5.56 Å². The molecule has 2 aromatic heterocycles. The van der Waals surface area contributed by atoms with E-state index in [2.05, 4.69) is 44.0 Å². The molecular formula is C28H34N2O3S. The van der Waals surface area contributed by atoms with Gasteiger partial charge in [0.1, 0.15) is 17.5 Å². The molecule has 34 heavy (non-hydrogen) atoms. The van der Waals surface area contributed by atoms with Crippen molar-refractivity contribution in [1.29, 1.82) is 0 Å². The molecule has 1 saturated carbocycles. The molecule has 0 spiro atoms. The van der Waals surface area contributed by atoms with E-state index in [1.54, 1.807) is 0 Å². The maximum absolute atomic E-state index is 13.4. The summed E-state index contributed by atoms with van der Waals surface area (Å²) in [6.07, 6.45) is 10.1. The second-order valence-corrected chi connectivity index (χ2v) is 11.9. The first-order valence-electron chi connectivity index (χ1n) is 12.6. The number of rotatable bonds is 4. The molecular weight excluding hydrogens is 444 g/mol. The van der Waals surface area contributed by atoms with E-state index < -0.39 is 0 Å². The summed E-state index contributed by atoms with van der Waals surface area (Å²) in [5.74, 6) is 0.310. The van der Waals surface area contributed by atoms with Gasteiger partial charge < -0.3 is 4.74 Å². The molecule has 1 fully saturated rings. The average molecular weight is 479 g/mol. The van der Waals surface area contributed by atoms with Crippen molar-refractivity contribution in [3.05, 3.63) is 51.4 Å². The molecule has 0 unspecified atom stereocenters. The van der Waals surface area contributed by atoms with Crippen LogP contribution < -0.4 is 5.56 Å². The Balaban J connectivity index is 1.33. The Hall–Kier alpha value is -2.47. The lowest BCUT2D eigenvalue weighted by Gasteiger charge is -2.36. The number of aromatic nitrogens is 2. The van der Waals surface area contributed by atoms with Crippen LogP contribution >= 0.6 is 11.3 Å². The van der Waals surface area contributed by atoms with Crippen molar-refractivity contribution < 1.29 is 9.53 Å². The molecule has 180 valence electrons. The molecule has 0 atom stereocenters. The van der Waals surface area contributed by atoms with Crippen LogP contribution in [0.2, 0.25) is 0 Å². The van der Waals surface area contributed by atoms with Gasteiger partial charge in [0.05, 0.1) is 11.7 Å². The third-order valence-corrected chi connectivity index (χ3v) is 8.60. The van der Waals surface area contributed by atoms with Crippen molar-refractivity contribution in [2.45, 2.75) is 84.8 Å². The molecule has 0 bridgehead atoms. The van der Waals surface area contributed by atoms with Crippen LogP contribution in [0.15, 0.2) is 34.7 Å². The Bertz CT molecular complexity index is 1260. The van der Waals surface area contributed by atoms with Gasteiger partial charge in [0.2, 0.25) is 0 Å². The molecule has 2 heterocycles. The summed E-state index contributed by atoms with van der Waals surface area (Å²) in [6.45, 7) is 6.74. The van der Waals surface area contributed by atoms with Gasteiger partial charge in [0, 0.05) is 10.9 Å². The Kier molecular flexibility index (Phi) is 6.36. The van der Waals surface area contributed by atoms with E-state index in [0.717, 1.165) is 49.7 Å². The number of hydrogen-bond acceptors (Lipinski definition) is 5. The summed E-state index contributed by atoms with van der Waals surface area (Å²) < 4.78 is 7.16. The summed E-state index contributed by atoms with van der Waals surface area (Å²) in [7, 11) is 0. The minimum atomic E-state index is -0.354. The first-order valence-corrected chi connectivity index (χ1v) is 13.5. The van der Waals surface area contributed by atoms with Crippen molar-refractivity contribution in [3.8, 4) is 11.1 Å². The summed E-state index contributed by atoms with van der Waals surface area (Å²) in [6, 6.07) is 6.55. The highest BCUT2D eigenvalue weighted by atomic mass is 32.1.